The lowest BCUT2D eigenvalue weighted by molar-refractivity contribution is -0.153. The van der Waals surface area contributed by atoms with Crippen molar-refractivity contribution in [2.45, 2.75) is 50.7 Å². The average Bonchev–Trinajstić information content (AvgIpc) is 2.78. The summed E-state index contributed by atoms with van der Waals surface area (Å²) in [4.78, 5) is 26.1. The van der Waals surface area contributed by atoms with E-state index in [4.69, 9.17) is 18.9 Å². The van der Waals surface area contributed by atoms with Crippen molar-refractivity contribution in [3.05, 3.63) is 47.0 Å². The maximum Gasteiger partial charge on any atom is 0.328 e. The molecule has 0 aromatic heterocycles. The summed E-state index contributed by atoms with van der Waals surface area (Å²) in [6, 6.07) is 8.84. The van der Waals surface area contributed by atoms with Gasteiger partial charge in [0.05, 0.1) is 38.6 Å². The second-order valence-corrected chi connectivity index (χ2v) is 7.84. The molecule has 2 aliphatic rings. The Bertz CT molecular complexity index is 764. The fraction of sp³-hybridized carbons (Fsp3) is 0.565. The molecule has 0 bridgehead atoms. The number of hydrogen-bond donors (Lipinski definition) is 0. The van der Waals surface area contributed by atoms with Crippen molar-refractivity contribution in [2.24, 2.45) is 5.92 Å². The first-order valence-electron chi connectivity index (χ1n) is 10.2. The maximum absolute atomic E-state index is 12.5. The fourth-order valence-corrected chi connectivity index (χ4v) is 4.85. The lowest BCUT2D eigenvalue weighted by Gasteiger charge is -2.48. The number of benzene rings is 1. The molecule has 1 aliphatic carbocycles. The van der Waals surface area contributed by atoms with E-state index in [9.17, 15) is 9.59 Å². The van der Waals surface area contributed by atoms with Crippen LogP contribution in [0.1, 0.15) is 25.3 Å². The van der Waals surface area contributed by atoms with E-state index in [1.807, 2.05) is 30.3 Å². The lowest BCUT2D eigenvalue weighted by atomic mass is 9.72. The highest BCUT2D eigenvalue weighted by Gasteiger charge is 2.47. The summed E-state index contributed by atoms with van der Waals surface area (Å²) < 4.78 is 22.4. The number of methoxy groups -OCH3 is 3. The van der Waals surface area contributed by atoms with Gasteiger partial charge in [-0.2, -0.15) is 0 Å². The molecular weight excluding hydrogens is 386 g/mol. The molecular formula is C23H31NO6. The Morgan fingerprint density at radius 2 is 1.87 bits per heavy atom. The monoisotopic (exact) mass is 417 g/mol. The summed E-state index contributed by atoms with van der Waals surface area (Å²) >= 11 is 0. The van der Waals surface area contributed by atoms with E-state index in [0.717, 1.165) is 23.1 Å². The Labute approximate surface area is 177 Å². The first-order chi connectivity index (χ1) is 14.5. The second kappa shape index (κ2) is 10.2. The Hall–Kier alpha value is -2.22. The fourth-order valence-electron chi connectivity index (χ4n) is 4.85. The van der Waals surface area contributed by atoms with E-state index < -0.39 is 12.0 Å². The van der Waals surface area contributed by atoms with Crippen LogP contribution in [0, 0.1) is 5.92 Å². The minimum absolute atomic E-state index is 0.0232. The van der Waals surface area contributed by atoms with Crippen LogP contribution in [-0.4, -0.2) is 69.5 Å². The number of esters is 1. The molecule has 164 valence electrons. The summed E-state index contributed by atoms with van der Waals surface area (Å²) in [6.45, 7) is 2.80. The van der Waals surface area contributed by atoms with Crippen molar-refractivity contribution in [1.82, 2.24) is 4.90 Å². The molecule has 0 radical (unpaired) electrons. The molecule has 0 fully saturated rings. The van der Waals surface area contributed by atoms with Crippen molar-refractivity contribution in [3.63, 3.8) is 0 Å². The molecule has 5 atom stereocenters. The lowest BCUT2D eigenvalue weighted by Crippen LogP contribution is -2.57. The second-order valence-electron chi connectivity index (χ2n) is 7.84. The van der Waals surface area contributed by atoms with Gasteiger partial charge in [0.2, 0.25) is 6.41 Å². The normalized spacial score (nSPS) is 28.8. The van der Waals surface area contributed by atoms with Gasteiger partial charge in [-0.3, -0.25) is 4.79 Å². The zero-order chi connectivity index (χ0) is 21.7. The predicted octanol–water partition coefficient (Wildman–Crippen LogP) is 2.34. The van der Waals surface area contributed by atoms with E-state index in [2.05, 4.69) is 6.92 Å². The van der Waals surface area contributed by atoms with Gasteiger partial charge in [-0.15, -0.1) is 0 Å². The van der Waals surface area contributed by atoms with Crippen molar-refractivity contribution < 1.29 is 28.5 Å². The quantitative estimate of drug-likeness (QED) is 0.367. The Balaban J connectivity index is 1.91. The molecule has 0 saturated carbocycles. The third-order valence-electron chi connectivity index (χ3n) is 6.28. The van der Waals surface area contributed by atoms with Crippen LogP contribution in [0.5, 0.6) is 0 Å². The maximum atomic E-state index is 12.5. The molecule has 3 rings (SSSR count). The summed E-state index contributed by atoms with van der Waals surface area (Å²) in [7, 11) is 4.70. The molecule has 30 heavy (non-hydrogen) atoms. The van der Waals surface area contributed by atoms with Crippen LogP contribution in [0.25, 0.3) is 0 Å². The Kier molecular flexibility index (Phi) is 7.64. The number of nitrogens with zero attached hydrogens (tertiary/aromatic N) is 1. The van der Waals surface area contributed by atoms with E-state index in [0.29, 0.717) is 26.1 Å². The molecule has 0 spiro atoms. The van der Waals surface area contributed by atoms with Crippen LogP contribution in [0.2, 0.25) is 0 Å². The van der Waals surface area contributed by atoms with Gasteiger partial charge in [-0.1, -0.05) is 42.8 Å². The zero-order valence-corrected chi connectivity index (χ0v) is 18.1. The number of rotatable bonds is 8. The molecule has 1 amide bonds. The van der Waals surface area contributed by atoms with Gasteiger partial charge >= 0.3 is 5.97 Å². The first kappa shape index (κ1) is 22.5. The van der Waals surface area contributed by atoms with Crippen LogP contribution in [0.3, 0.4) is 0 Å². The van der Waals surface area contributed by atoms with E-state index in [-0.39, 0.29) is 24.2 Å². The summed E-state index contributed by atoms with van der Waals surface area (Å²) in [5.74, 6) is -0.396. The van der Waals surface area contributed by atoms with Gasteiger partial charge in [0.1, 0.15) is 6.04 Å². The number of amides is 1. The van der Waals surface area contributed by atoms with E-state index in [1.165, 1.54) is 7.11 Å². The summed E-state index contributed by atoms with van der Waals surface area (Å²) in [5, 5.41) is 0. The van der Waals surface area contributed by atoms with E-state index in [1.54, 1.807) is 19.1 Å². The third kappa shape index (κ3) is 4.43. The highest BCUT2D eigenvalue weighted by molar-refractivity contribution is 5.79. The largest absolute Gasteiger partial charge is 0.467 e. The topological polar surface area (TPSA) is 74.3 Å². The van der Waals surface area contributed by atoms with Crippen LogP contribution in [0.15, 0.2) is 41.5 Å². The van der Waals surface area contributed by atoms with Crippen LogP contribution in [-0.2, 0) is 35.1 Å². The minimum atomic E-state index is -0.666. The highest BCUT2D eigenvalue weighted by Crippen LogP contribution is 2.42. The third-order valence-corrected chi connectivity index (χ3v) is 6.28. The average molecular weight is 418 g/mol. The van der Waals surface area contributed by atoms with Gasteiger partial charge in [0, 0.05) is 20.1 Å². The molecule has 0 saturated heterocycles. The Morgan fingerprint density at radius 1 is 1.13 bits per heavy atom. The molecule has 5 unspecified atom stereocenters. The molecule has 1 aliphatic heterocycles. The number of carbonyl (C=O) groups is 2. The van der Waals surface area contributed by atoms with Gasteiger partial charge < -0.3 is 23.8 Å². The van der Waals surface area contributed by atoms with Crippen molar-refractivity contribution in [3.8, 4) is 0 Å². The van der Waals surface area contributed by atoms with Crippen LogP contribution < -0.4 is 0 Å². The molecule has 7 nitrogen and oxygen atoms in total. The predicted molar refractivity (Wildman–Crippen MR) is 111 cm³/mol. The van der Waals surface area contributed by atoms with Crippen molar-refractivity contribution in [1.29, 1.82) is 0 Å². The molecule has 1 aromatic carbocycles. The van der Waals surface area contributed by atoms with E-state index >= 15 is 0 Å². The Morgan fingerprint density at radius 3 is 2.47 bits per heavy atom. The molecule has 7 heteroatoms. The zero-order valence-electron chi connectivity index (χ0n) is 18.1. The highest BCUT2D eigenvalue weighted by atomic mass is 16.5. The molecule has 1 aromatic rings. The number of ether oxygens (including phenoxy) is 4. The minimum Gasteiger partial charge on any atom is -0.467 e. The molecule has 0 N–H and O–H groups in total. The smallest absolute Gasteiger partial charge is 0.328 e. The standard InChI is InChI=1S/C23H31NO6/c1-15-21-17(11-20(27-2)22(15)28-3)10-18(23(26)29-4)24(14-25)19(21)13-30-12-16-8-6-5-7-9-16/h5-9,14-15,18-20,22H,10-13H2,1-4H3. The van der Waals surface area contributed by atoms with Crippen molar-refractivity contribution >= 4 is 12.4 Å². The van der Waals surface area contributed by atoms with Gasteiger partial charge in [0.25, 0.3) is 0 Å². The van der Waals surface area contributed by atoms with Crippen LogP contribution in [0.4, 0.5) is 0 Å². The first-order valence-corrected chi connectivity index (χ1v) is 10.2. The van der Waals surface area contributed by atoms with Gasteiger partial charge in [0.15, 0.2) is 0 Å². The number of hydrogen-bond acceptors (Lipinski definition) is 6. The van der Waals surface area contributed by atoms with Gasteiger partial charge in [-0.05, 0) is 24.0 Å². The van der Waals surface area contributed by atoms with Crippen LogP contribution >= 0.6 is 0 Å². The van der Waals surface area contributed by atoms with Gasteiger partial charge in [-0.25, -0.2) is 4.79 Å². The SMILES string of the molecule is COC(=O)C1CC2=C(C(C)C(OC)C(OC)C2)C(COCc2ccccc2)N1C=O. The van der Waals surface area contributed by atoms with Crippen molar-refractivity contribution in [2.75, 3.05) is 27.9 Å². The summed E-state index contributed by atoms with van der Waals surface area (Å²) in [6.07, 6.45) is 1.60. The number of carbonyl (C=O) groups excluding carboxylic acids is 2. The molecule has 1 heterocycles. The summed E-state index contributed by atoms with van der Waals surface area (Å²) in [5.41, 5.74) is 3.29.